The number of carbonyl (C=O) groups excluding carboxylic acids is 2. The fourth-order valence-corrected chi connectivity index (χ4v) is 4.99. The maximum atomic E-state index is 13.0. The molecule has 178 valence electrons. The van der Waals surface area contributed by atoms with Gasteiger partial charge in [0.1, 0.15) is 0 Å². The van der Waals surface area contributed by atoms with Crippen LogP contribution in [0.1, 0.15) is 30.1 Å². The van der Waals surface area contributed by atoms with Crippen LogP contribution in [0.4, 0.5) is 16.2 Å². The largest absolute Gasteiger partial charge is 0.755 e. The van der Waals surface area contributed by atoms with Crippen LogP contribution >= 0.6 is 0 Å². The number of piperidine rings is 1. The first-order chi connectivity index (χ1) is 16.5. The molecule has 1 aliphatic rings. The van der Waals surface area contributed by atoms with E-state index in [1.165, 1.54) is 4.31 Å². The molecule has 1 aliphatic heterocycles. The lowest BCUT2D eigenvalue weighted by atomic mass is 10.00. The van der Waals surface area contributed by atoms with E-state index in [0.717, 1.165) is 0 Å². The topological polar surface area (TPSA) is 115 Å². The van der Waals surface area contributed by atoms with E-state index in [-0.39, 0.29) is 18.0 Å². The Morgan fingerprint density at radius 3 is 2.56 bits per heavy atom. The quantitative estimate of drug-likeness (QED) is 0.537. The van der Waals surface area contributed by atoms with Crippen LogP contribution < -0.4 is 9.62 Å². The summed E-state index contributed by atoms with van der Waals surface area (Å²) in [5, 5.41) is 4.12. The van der Waals surface area contributed by atoms with Gasteiger partial charge in [-0.05, 0) is 49.4 Å². The highest BCUT2D eigenvalue weighted by Crippen LogP contribution is 2.33. The Kier molecular flexibility index (Phi) is 7.39. The van der Waals surface area contributed by atoms with Crippen LogP contribution in [0.25, 0.3) is 10.8 Å². The summed E-state index contributed by atoms with van der Waals surface area (Å²) >= 11 is -2.54. The zero-order valence-corrected chi connectivity index (χ0v) is 19.5. The van der Waals surface area contributed by atoms with Gasteiger partial charge in [0, 0.05) is 47.5 Å². The van der Waals surface area contributed by atoms with Crippen molar-refractivity contribution in [3.8, 4) is 0 Å². The normalized spacial score (nSPS) is 15.1. The lowest BCUT2D eigenvalue weighted by Gasteiger charge is -2.40. The first-order valence-electron chi connectivity index (χ1n) is 11.0. The Hall–Kier alpha value is -3.50. The van der Waals surface area contributed by atoms with E-state index < -0.39 is 11.3 Å². The lowest BCUT2D eigenvalue weighted by molar-refractivity contribution is 0.0975. The number of aromatic nitrogens is 1. The second-order valence-electron chi connectivity index (χ2n) is 7.83. The molecule has 1 fully saturated rings. The summed E-state index contributed by atoms with van der Waals surface area (Å²) in [6.07, 6.45) is 3.74. The number of hydrogen-bond donors (Lipinski definition) is 1. The van der Waals surface area contributed by atoms with Crippen LogP contribution in [-0.4, -0.2) is 56.4 Å². The molecule has 0 aliphatic carbocycles. The lowest BCUT2D eigenvalue weighted by Crippen LogP contribution is -2.47. The molecule has 1 aromatic heterocycles. The van der Waals surface area contributed by atoms with Crippen molar-refractivity contribution in [3.63, 3.8) is 0 Å². The summed E-state index contributed by atoms with van der Waals surface area (Å²) in [6, 6.07) is 13.7. The molecule has 1 atom stereocenters. The third-order valence-electron chi connectivity index (χ3n) is 5.78. The molecule has 2 aromatic carbocycles. The van der Waals surface area contributed by atoms with E-state index in [2.05, 4.69) is 10.3 Å². The van der Waals surface area contributed by atoms with Gasteiger partial charge in [-0.15, -0.1) is 0 Å². The molecular weight excluding hydrogens is 456 g/mol. The summed E-state index contributed by atoms with van der Waals surface area (Å²) in [4.78, 5) is 30.6. The van der Waals surface area contributed by atoms with Crippen molar-refractivity contribution in [3.05, 3.63) is 66.5 Å². The van der Waals surface area contributed by atoms with Crippen LogP contribution in [0.2, 0.25) is 0 Å². The van der Waals surface area contributed by atoms with Crippen LogP contribution in [0.5, 0.6) is 0 Å². The maximum Gasteiger partial charge on any atom is 0.409 e. The Morgan fingerprint density at radius 1 is 1.15 bits per heavy atom. The predicted molar refractivity (Wildman–Crippen MR) is 129 cm³/mol. The number of nitrogens with one attached hydrogen (secondary N) is 1. The van der Waals surface area contributed by atoms with Gasteiger partial charge in [0.05, 0.1) is 24.2 Å². The van der Waals surface area contributed by atoms with Crippen LogP contribution in [0.15, 0.2) is 60.9 Å². The maximum absolute atomic E-state index is 13.0. The van der Waals surface area contributed by atoms with E-state index in [4.69, 9.17) is 4.74 Å². The van der Waals surface area contributed by atoms with Crippen molar-refractivity contribution >= 4 is 45.4 Å². The van der Waals surface area contributed by atoms with E-state index in [1.54, 1.807) is 72.7 Å². The zero-order valence-electron chi connectivity index (χ0n) is 18.7. The number of pyridine rings is 1. The molecule has 0 saturated carbocycles. The molecule has 0 bridgehead atoms. The summed E-state index contributed by atoms with van der Waals surface area (Å²) in [7, 11) is 0. The van der Waals surface area contributed by atoms with Crippen molar-refractivity contribution in [1.82, 2.24) is 9.88 Å². The van der Waals surface area contributed by atoms with Crippen molar-refractivity contribution in [1.29, 1.82) is 0 Å². The first kappa shape index (κ1) is 23.7. The number of likely N-dealkylation sites (tertiary alicyclic amines) is 1. The molecule has 1 unspecified atom stereocenters. The van der Waals surface area contributed by atoms with E-state index in [1.807, 2.05) is 0 Å². The van der Waals surface area contributed by atoms with Gasteiger partial charge < -0.3 is 19.5 Å². The monoisotopic (exact) mass is 481 g/mol. The van der Waals surface area contributed by atoms with Gasteiger partial charge in [0.15, 0.2) is 0 Å². The molecule has 4 rings (SSSR count). The molecule has 2 amide bonds. The molecule has 2 heterocycles. The smallest absolute Gasteiger partial charge is 0.409 e. The highest BCUT2D eigenvalue weighted by molar-refractivity contribution is 7.80. The predicted octanol–water partition coefficient (Wildman–Crippen LogP) is 3.71. The van der Waals surface area contributed by atoms with Gasteiger partial charge in [-0.2, -0.15) is 0 Å². The molecule has 0 spiro atoms. The van der Waals surface area contributed by atoms with Crippen LogP contribution in [0.3, 0.4) is 0 Å². The minimum absolute atomic E-state index is 0.294. The van der Waals surface area contributed by atoms with Crippen molar-refractivity contribution in [2.45, 2.75) is 25.8 Å². The Balaban J connectivity index is 1.63. The number of hydrogen-bond acceptors (Lipinski definition) is 6. The fourth-order valence-electron chi connectivity index (χ4n) is 4.22. The van der Waals surface area contributed by atoms with Gasteiger partial charge in [0.25, 0.3) is 5.91 Å². The summed E-state index contributed by atoms with van der Waals surface area (Å²) in [5.74, 6) is -0.312. The molecular formula is C24H25N4O5S-. The number of carbonyl (C=O) groups is 2. The van der Waals surface area contributed by atoms with E-state index in [0.29, 0.717) is 60.2 Å². The Morgan fingerprint density at radius 2 is 1.88 bits per heavy atom. The summed E-state index contributed by atoms with van der Waals surface area (Å²) in [5.41, 5.74) is 1.49. The third-order valence-corrected chi connectivity index (χ3v) is 6.60. The highest BCUT2D eigenvalue weighted by atomic mass is 32.2. The number of anilines is 2. The van der Waals surface area contributed by atoms with Crippen molar-refractivity contribution in [2.75, 3.05) is 29.3 Å². The SMILES string of the molecule is CCOC(=O)N1CCC(N(c2cccc3c(C(=O)Nc4cccnc4)cccc23)S(=O)[O-])CC1. The van der Waals surface area contributed by atoms with Gasteiger partial charge >= 0.3 is 6.09 Å². The van der Waals surface area contributed by atoms with E-state index in [9.17, 15) is 18.4 Å². The molecule has 1 N–H and O–H groups in total. The number of benzene rings is 2. The summed E-state index contributed by atoms with van der Waals surface area (Å²) in [6.45, 7) is 2.85. The number of fused-ring (bicyclic) bond motifs is 1. The summed E-state index contributed by atoms with van der Waals surface area (Å²) < 4.78 is 31.1. The average Bonchev–Trinajstić information content (AvgIpc) is 2.85. The number of nitrogens with zero attached hydrogens (tertiary/aromatic N) is 3. The number of rotatable bonds is 6. The Labute approximate surface area is 200 Å². The highest BCUT2D eigenvalue weighted by Gasteiger charge is 2.29. The number of amides is 2. The minimum Gasteiger partial charge on any atom is -0.755 e. The molecule has 1 saturated heterocycles. The van der Waals surface area contributed by atoms with E-state index >= 15 is 0 Å². The minimum atomic E-state index is -2.54. The third kappa shape index (κ3) is 5.02. The molecule has 10 heteroatoms. The second-order valence-corrected chi connectivity index (χ2v) is 8.66. The number of ether oxygens (including phenoxy) is 1. The molecule has 3 aromatic rings. The standard InChI is InChI=1S/C24H26N4O5S/c1-2-33-24(30)27-14-11-18(12-15-27)28(34(31)32)22-10-4-7-19-20(22)8-3-9-21(19)23(29)26-17-6-5-13-25-16-17/h3-10,13,16,18H,2,11-12,14-15H2,1H3,(H,26,29)(H,31,32)/p-1. The molecule has 9 nitrogen and oxygen atoms in total. The van der Waals surface area contributed by atoms with Crippen molar-refractivity contribution < 1.29 is 23.1 Å². The van der Waals surface area contributed by atoms with Gasteiger partial charge in [0.2, 0.25) is 0 Å². The first-order valence-corrected chi connectivity index (χ1v) is 12.1. The van der Waals surface area contributed by atoms with Gasteiger partial charge in [-0.3, -0.25) is 18.3 Å². The fraction of sp³-hybridized carbons (Fsp3) is 0.292. The van der Waals surface area contributed by atoms with Crippen molar-refractivity contribution in [2.24, 2.45) is 0 Å². The van der Waals surface area contributed by atoms with Crippen LogP contribution in [0, 0.1) is 0 Å². The average molecular weight is 482 g/mol. The molecule has 34 heavy (non-hydrogen) atoms. The zero-order chi connectivity index (χ0) is 24.1. The second kappa shape index (κ2) is 10.6. The van der Waals surface area contributed by atoms with Gasteiger partial charge in [-0.25, -0.2) is 4.79 Å². The molecule has 0 radical (unpaired) electrons. The Bertz CT molecular complexity index is 1200. The van der Waals surface area contributed by atoms with Gasteiger partial charge in [-0.1, -0.05) is 24.3 Å². The van der Waals surface area contributed by atoms with Crippen LogP contribution in [-0.2, 0) is 16.0 Å².